The number of hydrogen-bond acceptors (Lipinski definition) is 7. The van der Waals surface area contributed by atoms with Gasteiger partial charge in [0.2, 0.25) is 0 Å². The fourth-order valence-electron chi connectivity index (χ4n) is 6.91. The lowest BCUT2D eigenvalue weighted by Crippen LogP contribution is -2.46. The molecule has 7 nitrogen and oxygen atoms in total. The van der Waals surface area contributed by atoms with E-state index in [2.05, 4.69) is 11.8 Å². The average molecular weight is 555 g/mol. The number of carbonyl (C=O) groups excluding carboxylic acids is 2. The molecular formula is C33H46O7. The Kier molecular flexibility index (Phi) is 10.3. The zero-order valence-electron chi connectivity index (χ0n) is 24.0. The highest BCUT2D eigenvalue weighted by atomic mass is 16.5. The van der Waals surface area contributed by atoms with E-state index < -0.39 is 29.6 Å². The van der Waals surface area contributed by atoms with Gasteiger partial charge >= 0.3 is 0 Å². The number of unbranched alkanes of at least 4 members (excludes halogenated alkanes) is 1. The van der Waals surface area contributed by atoms with Crippen molar-refractivity contribution in [1.82, 2.24) is 0 Å². The second-order valence-corrected chi connectivity index (χ2v) is 12.4. The minimum Gasteiger partial charge on any atom is -0.504 e. The lowest BCUT2D eigenvalue weighted by atomic mass is 9.64. The van der Waals surface area contributed by atoms with Crippen LogP contribution in [-0.4, -0.2) is 57.4 Å². The number of ketones is 2. The molecule has 0 heterocycles. The van der Waals surface area contributed by atoms with Crippen LogP contribution in [0.1, 0.15) is 107 Å². The summed E-state index contributed by atoms with van der Waals surface area (Å²) in [5.74, 6) is 7.51. The Morgan fingerprint density at radius 1 is 1.02 bits per heavy atom. The first-order valence-corrected chi connectivity index (χ1v) is 15.1. The summed E-state index contributed by atoms with van der Waals surface area (Å²) < 4.78 is 5.30. The van der Waals surface area contributed by atoms with Gasteiger partial charge in [-0.25, -0.2) is 0 Å². The maximum Gasteiger partial charge on any atom is 0.160 e. The SMILES string of the molecule is COc1cc2c(cc1O)[C@@H](C[C@H](O)[C@H](C)O)C#C[C@@]1(CC[C@H](CCCCC3CCC(=O)CC3)C[C@H]1O)C(=O)CC2. The lowest BCUT2D eigenvalue weighted by molar-refractivity contribution is -0.134. The molecule has 2 fully saturated rings. The molecule has 0 saturated heterocycles. The summed E-state index contributed by atoms with van der Waals surface area (Å²) in [6.07, 6.45) is 7.72. The number of phenolic OH excluding ortho intramolecular Hbond substituents is 1. The van der Waals surface area contributed by atoms with Crippen LogP contribution in [0.5, 0.6) is 11.5 Å². The van der Waals surface area contributed by atoms with Crippen molar-refractivity contribution in [3.05, 3.63) is 23.3 Å². The molecule has 6 atom stereocenters. The number of Topliss-reactive ketones (excluding diaryl/α,β-unsaturated/α-hetero) is 2. The second kappa shape index (κ2) is 13.5. The number of ether oxygens (including phenoxy) is 1. The number of rotatable bonds is 9. The summed E-state index contributed by atoms with van der Waals surface area (Å²) in [6, 6.07) is 3.31. The summed E-state index contributed by atoms with van der Waals surface area (Å²) in [6.45, 7) is 1.52. The van der Waals surface area contributed by atoms with Gasteiger partial charge < -0.3 is 25.2 Å². The molecule has 0 unspecified atom stereocenters. The molecule has 0 bridgehead atoms. The van der Waals surface area contributed by atoms with E-state index in [0.29, 0.717) is 48.2 Å². The normalized spacial score (nSPS) is 29.0. The number of carbonyl (C=O) groups is 2. The van der Waals surface area contributed by atoms with Gasteiger partial charge in [-0.15, -0.1) is 0 Å². The molecule has 3 aliphatic rings. The van der Waals surface area contributed by atoms with E-state index in [1.807, 2.05) is 0 Å². The van der Waals surface area contributed by atoms with Gasteiger partial charge in [0, 0.05) is 25.2 Å². The maximum absolute atomic E-state index is 13.7. The van der Waals surface area contributed by atoms with Crippen LogP contribution < -0.4 is 4.74 Å². The molecule has 220 valence electrons. The molecule has 4 N–H and O–H groups in total. The summed E-state index contributed by atoms with van der Waals surface area (Å²) in [7, 11) is 1.47. The molecule has 1 spiro atoms. The van der Waals surface area contributed by atoms with E-state index in [-0.39, 0.29) is 24.4 Å². The number of phenols is 1. The van der Waals surface area contributed by atoms with Crippen LogP contribution in [0.3, 0.4) is 0 Å². The second-order valence-electron chi connectivity index (χ2n) is 12.4. The Hall–Kier alpha value is -2.40. The van der Waals surface area contributed by atoms with Crippen LogP contribution >= 0.6 is 0 Å². The maximum atomic E-state index is 13.7. The fourth-order valence-corrected chi connectivity index (χ4v) is 6.91. The van der Waals surface area contributed by atoms with Crippen LogP contribution in [0.25, 0.3) is 0 Å². The Balaban J connectivity index is 1.47. The van der Waals surface area contributed by atoms with E-state index >= 15 is 0 Å². The fraction of sp³-hybridized carbons (Fsp3) is 0.697. The Morgan fingerprint density at radius 3 is 2.38 bits per heavy atom. The molecule has 0 aromatic heterocycles. The van der Waals surface area contributed by atoms with Gasteiger partial charge in [0.1, 0.15) is 11.2 Å². The monoisotopic (exact) mass is 554 g/mol. The van der Waals surface area contributed by atoms with Crippen LogP contribution in [0.4, 0.5) is 0 Å². The van der Waals surface area contributed by atoms with E-state index in [9.17, 15) is 30.0 Å². The van der Waals surface area contributed by atoms with E-state index in [1.165, 1.54) is 14.0 Å². The highest BCUT2D eigenvalue weighted by Gasteiger charge is 2.47. The summed E-state index contributed by atoms with van der Waals surface area (Å²) in [5.41, 5.74) is 0.372. The Bertz CT molecular complexity index is 1110. The number of methoxy groups -OCH3 is 1. The Labute approximate surface area is 238 Å². The van der Waals surface area contributed by atoms with Crippen molar-refractivity contribution in [2.24, 2.45) is 17.3 Å². The van der Waals surface area contributed by atoms with Gasteiger partial charge in [-0.1, -0.05) is 37.5 Å². The molecule has 1 aromatic carbocycles. The molecule has 0 amide bonds. The van der Waals surface area contributed by atoms with Crippen molar-refractivity contribution < 1.29 is 34.8 Å². The van der Waals surface area contributed by atoms with Gasteiger partial charge in [-0.05, 0) is 87.0 Å². The van der Waals surface area contributed by atoms with E-state index in [4.69, 9.17) is 4.74 Å². The van der Waals surface area contributed by atoms with Gasteiger partial charge in [0.15, 0.2) is 17.3 Å². The first-order valence-electron chi connectivity index (χ1n) is 15.1. The standard InChI is InChI=1S/C33H46O7/c1-21(34)28(36)18-25-14-16-33(31(38)12-9-24-19-30(40-2)29(37)20-27(24)25)15-13-23(17-32(33)39)6-4-3-5-22-7-10-26(35)11-8-22/h19-23,25,28,32,34,36-37,39H,3-13,15,17-18H2,1-2H3/t21-,23-,25+,28-,32+,33-/m0/s1. The van der Waals surface area contributed by atoms with Crippen molar-refractivity contribution >= 4 is 11.6 Å². The van der Waals surface area contributed by atoms with Crippen molar-refractivity contribution in [3.8, 4) is 23.3 Å². The topological polar surface area (TPSA) is 124 Å². The quantitative estimate of drug-likeness (QED) is 0.260. The third kappa shape index (κ3) is 7.08. The molecular weight excluding hydrogens is 508 g/mol. The number of aryl methyl sites for hydroxylation is 1. The van der Waals surface area contributed by atoms with E-state index in [1.54, 1.807) is 12.1 Å². The minimum atomic E-state index is -1.15. The first-order chi connectivity index (χ1) is 19.1. The number of benzene rings is 1. The highest BCUT2D eigenvalue weighted by Crippen LogP contribution is 2.44. The first kappa shape index (κ1) is 30.6. The van der Waals surface area contributed by atoms with Crippen LogP contribution in [-0.2, 0) is 16.0 Å². The summed E-state index contributed by atoms with van der Waals surface area (Å²) in [4.78, 5) is 25.2. The molecule has 1 aromatic rings. The number of aliphatic hydroxyl groups is 3. The third-order valence-corrected chi connectivity index (χ3v) is 9.65. The van der Waals surface area contributed by atoms with Crippen LogP contribution in [0.15, 0.2) is 12.1 Å². The number of aliphatic hydroxyl groups excluding tert-OH is 3. The molecule has 2 saturated carbocycles. The molecule has 7 heteroatoms. The highest BCUT2D eigenvalue weighted by molar-refractivity contribution is 5.89. The largest absolute Gasteiger partial charge is 0.504 e. The van der Waals surface area contributed by atoms with Crippen molar-refractivity contribution in [2.75, 3.05) is 7.11 Å². The lowest BCUT2D eigenvalue weighted by Gasteiger charge is -2.40. The van der Waals surface area contributed by atoms with Crippen LogP contribution in [0.2, 0.25) is 0 Å². The van der Waals surface area contributed by atoms with Crippen LogP contribution in [0, 0.1) is 29.1 Å². The smallest absolute Gasteiger partial charge is 0.160 e. The summed E-state index contributed by atoms with van der Waals surface area (Å²) in [5, 5.41) is 42.4. The predicted molar refractivity (Wildman–Crippen MR) is 152 cm³/mol. The van der Waals surface area contributed by atoms with Gasteiger partial charge in [0.05, 0.1) is 25.4 Å². The van der Waals surface area contributed by atoms with Crippen molar-refractivity contribution in [3.63, 3.8) is 0 Å². The molecule has 0 radical (unpaired) electrons. The summed E-state index contributed by atoms with van der Waals surface area (Å²) >= 11 is 0. The molecule has 3 aliphatic carbocycles. The van der Waals surface area contributed by atoms with Gasteiger partial charge in [0.25, 0.3) is 0 Å². The van der Waals surface area contributed by atoms with E-state index in [0.717, 1.165) is 63.4 Å². The third-order valence-electron chi connectivity index (χ3n) is 9.65. The Morgan fingerprint density at radius 2 is 1.73 bits per heavy atom. The molecule has 40 heavy (non-hydrogen) atoms. The van der Waals surface area contributed by atoms with Gasteiger partial charge in [-0.2, -0.15) is 0 Å². The molecule has 4 rings (SSSR count). The van der Waals surface area contributed by atoms with Gasteiger partial charge in [-0.3, -0.25) is 9.59 Å². The number of aromatic hydroxyl groups is 1. The van der Waals surface area contributed by atoms with Crippen molar-refractivity contribution in [1.29, 1.82) is 0 Å². The number of fused-ring (bicyclic) bond motifs is 1. The number of hydrogen-bond donors (Lipinski definition) is 4. The minimum absolute atomic E-state index is 0.0441. The average Bonchev–Trinajstić information content (AvgIpc) is 2.98. The predicted octanol–water partition coefficient (Wildman–Crippen LogP) is 4.60. The molecule has 0 aliphatic heterocycles. The zero-order chi connectivity index (χ0) is 28.9. The van der Waals surface area contributed by atoms with Crippen molar-refractivity contribution in [2.45, 2.75) is 121 Å². The zero-order valence-corrected chi connectivity index (χ0v) is 24.0.